The fourth-order valence-corrected chi connectivity index (χ4v) is 2.97. The van der Waals surface area contributed by atoms with Crippen molar-refractivity contribution in [1.82, 2.24) is 24.9 Å². The Hall–Kier alpha value is -1.14. The van der Waals surface area contributed by atoms with Crippen molar-refractivity contribution in [3.63, 3.8) is 0 Å². The quantitative estimate of drug-likeness (QED) is 0.880. The summed E-state index contributed by atoms with van der Waals surface area (Å²) >= 11 is 3.63. The zero-order valence-electron chi connectivity index (χ0n) is 12.5. The van der Waals surface area contributed by atoms with Crippen molar-refractivity contribution in [1.29, 1.82) is 0 Å². The van der Waals surface area contributed by atoms with Crippen molar-refractivity contribution in [2.24, 2.45) is 7.05 Å². The van der Waals surface area contributed by atoms with Crippen LogP contribution < -0.4 is 5.32 Å². The van der Waals surface area contributed by atoms with E-state index in [-0.39, 0.29) is 6.04 Å². The molecule has 0 aliphatic heterocycles. The number of nitrogens with one attached hydrogen (secondary N) is 1. The fraction of sp³-hybridized carbons (Fsp3) is 0.571. The number of nitrogens with zero attached hydrogens (tertiary/aromatic N) is 4. The van der Waals surface area contributed by atoms with Gasteiger partial charge in [-0.25, -0.2) is 0 Å². The molecule has 5 nitrogen and oxygen atoms in total. The number of halogens is 1. The lowest BCUT2D eigenvalue weighted by Gasteiger charge is -2.20. The van der Waals surface area contributed by atoms with Gasteiger partial charge in [0.15, 0.2) is 0 Å². The predicted octanol–water partition coefficient (Wildman–Crippen LogP) is 2.80. The van der Waals surface area contributed by atoms with Gasteiger partial charge in [0.05, 0.1) is 33.8 Å². The van der Waals surface area contributed by atoms with Crippen LogP contribution >= 0.6 is 15.9 Å². The normalized spacial score (nSPS) is 12.8. The van der Waals surface area contributed by atoms with E-state index < -0.39 is 0 Å². The number of hydrogen-bond donors (Lipinski definition) is 1. The molecule has 2 rings (SSSR count). The second-order valence-electron chi connectivity index (χ2n) is 4.91. The molecule has 0 spiro atoms. The molecular weight excluding hydrogens is 318 g/mol. The van der Waals surface area contributed by atoms with Gasteiger partial charge in [0.1, 0.15) is 0 Å². The van der Waals surface area contributed by atoms with Gasteiger partial charge in [-0.1, -0.05) is 6.92 Å². The van der Waals surface area contributed by atoms with Crippen molar-refractivity contribution < 1.29 is 0 Å². The van der Waals surface area contributed by atoms with Crippen LogP contribution in [0.2, 0.25) is 0 Å². The molecule has 110 valence electrons. The molecule has 0 aliphatic carbocycles. The first-order chi connectivity index (χ1) is 9.58. The summed E-state index contributed by atoms with van der Waals surface area (Å²) in [6.07, 6.45) is 2.95. The van der Waals surface area contributed by atoms with E-state index >= 15 is 0 Å². The molecule has 1 N–H and O–H groups in total. The maximum absolute atomic E-state index is 4.47. The number of aromatic nitrogens is 4. The number of aryl methyl sites for hydroxylation is 3. The third-order valence-corrected chi connectivity index (χ3v) is 3.95. The molecule has 0 saturated heterocycles. The van der Waals surface area contributed by atoms with E-state index in [0.29, 0.717) is 0 Å². The first-order valence-electron chi connectivity index (χ1n) is 7.03. The van der Waals surface area contributed by atoms with E-state index in [1.807, 2.05) is 29.5 Å². The molecule has 0 radical (unpaired) electrons. The van der Waals surface area contributed by atoms with Gasteiger partial charge in [0.25, 0.3) is 0 Å². The van der Waals surface area contributed by atoms with Gasteiger partial charge in [-0.15, -0.1) is 0 Å². The Kier molecular flexibility index (Phi) is 4.99. The smallest absolute Gasteiger partial charge is 0.0930 e. The van der Waals surface area contributed by atoms with E-state index in [9.17, 15) is 0 Å². The van der Waals surface area contributed by atoms with Gasteiger partial charge in [-0.3, -0.25) is 9.36 Å². The Labute approximate surface area is 128 Å². The molecular formula is C14H22BrN5. The van der Waals surface area contributed by atoms with Crippen molar-refractivity contribution in [2.45, 2.75) is 39.8 Å². The first kappa shape index (κ1) is 15.3. The summed E-state index contributed by atoms with van der Waals surface area (Å²) in [5.41, 5.74) is 3.35. The lowest BCUT2D eigenvalue weighted by atomic mass is 10.1. The SMILES string of the molecule is CCCNC(c1cc(C)nn1C)c1c(Br)cnn1CC. The standard InChI is InChI=1S/C14H22BrN5/c1-5-7-16-13(12-8-10(3)18-19(12)4)14-11(15)9-17-20(14)6-2/h8-9,13,16H,5-7H2,1-4H3. The number of rotatable bonds is 6. The van der Waals surface area contributed by atoms with Crippen LogP contribution in [0.5, 0.6) is 0 Å². The molecule has 2 aromatic heterocycles. The summed E-state index contributed by atoms with van der Waals surface area (Å²) < 4.78 is 5.01. The summed E-state index contributed by atoms with van der Waals surface area (Å²) in [6, 6.07) is 2.23. The molecule has 0 amide bonds. The molecule has 2 heterocycles. The van der Waals surface area contributed by atoms with Crippen molar-refractivity contribution in [2.75, 3.05) is 6.54 Å². The lowest BCUT2D eigenvalue weighted by Crippen LogP contribution is -2.28. The highest BCUT2D eigenvalue weighted by molar-refractivity contribution is 9.10. The highest BCUT2D eigenvalue weighted by Gasteiger charge is 2.24. The van der Waals surface area contributed by atoms with Crippen LogP contribution in [0.4, 0.5) is 0 Å². The second-order valence-corrected chi connectivity index (χ2v) is 5.77. The Morgan fingerprint density at radius 2 is 2.15 bits per heavy atom. The lowest BCUT2D eigenvalue weighted by molar-refractivity contribution is 0.502. The van der Waals surface area contributed by atoms with E-state index in [0.717, 1.165) is 41.1 Å². The Morgan fingerprint density at radius 1 is 1.40 bits per heavy atom. The van der Waals surface area contributed by atoms with Gasteiger partial charge in [-0.2, -0.15) is 10.2 Å². The van der Waals surface area contributed by atoms with Crippen LogP contribution in [0, 0.1) is 6.92 Å². The molecule has 0 saturated carbocycles. The largest absolute Gasteiger partial charge is 0.304 e. The molecule has 20 heavy (non-hydrogen) atoms. The van der Waals surface area contributed by atoms with E-state index in [4.69, 9.17) is 0 Å². The average molecular weight is 340 g/mol. The van der Waals surface area contributed by atoms with Gasteiger partial charge < -0.3 is 5.32 Å². The summed E-state index contributed by atoms with van der Waals surface area (Å²) in [5.74, 6) is 0. The maximum atomic E-state index is 4.47. The zero-order valence-corrected chi connectivity index (χ0v) is 14.1. The van der Waals surface area contributed by atoms with Gasteiger partial charge in [-0.05, 0) is 48.8 Å². The summed E-state index contributed by atoms with van der Waals surface area (Å²) in [7, 11) is 1.99. The summed E-state index contributed by atoms with van der Waals surface area (Å²) in [4.78, 5) is 0. The molecule has 0 aromatic carbocycles. The van der Waals surface area contributed by atoms with E-state index in [2.05, 4.69) is 51.4 Å². The van der Waals surface area contributed by atoms with Crippen LogP contribution in [0.15, 0.2) is 16.7 Å². The minimum Gasteiger partial charge on any atom is -0.304 e. The third kappa shape index (κ3) is 2.96. The molecule has 2 aromatic rings. The Balaban J connectivity index is 2.46. The second kappa shape index (κ2) is 6.54. The molecule has 1 atom stereocenters. The van der Waals surface area contributed by atoms with Gasteiger partial charge >= 0.3 is 0 Å². The fourth-order valence-electron chi connectivity index (χ4n) is 2.44. The molecule has 0 fully saturated rings. The minimum absolute atomic E-state index is 0.0953. The van der Waals surface area contributed by atoms with Crippen molar-refractivity contribution >= 4 is 15.9 Å². The monoisotopic (exact) mass is 339 g/mol. The highest BCUT2D eigenvalue weighted by Crippen LogP contribution is 2.28. The van der Waals surface area contributed by atoms with Crippen LogP contribution in [0.25, 0.3) is 0 Å². The highest BCUT2D eigenvalue weighted by atomic mass is 79.9. The summed E-state index contributed by atoms with van der Waals surface area (Å²) in [5, 5.41) is 12.5. The van der Waals surface area contributed by atoms with Gasteiger partial charge in [0.2, 0.25) is 0 Å². The van der Waals surface area contributed by atoms with E-state index in [1.165, 1.54) is 0 Å². The Bertz CT molecular complexity index is 572. The average Bonchev–Trinajstić information content (AvgIpc) is 2.94. The van der Waals surface area contributed by atoms with Crippen LogP contribution in [-0.2, 0) is 13.6 Å². The number of hydrogen-bond acceptors (Lipinski definition) is 3. The van der Waals surface area contributed by atoms with Crippen LogP contribution in [0.3, 0.4) is 0 Å². The minimum atomic E-state index is 0.0953. The zero-order chi connectivity index (χ0) is 14.7. The molecule has 6 heteroatoms. The summed E-state index contributed by atoms with van der Waals surface area (Å²) in [6.45, 7) is 8.10. The molecule has 0 bridgehead atoms. The van der Waals surface area contributed by atoms with Crippen LogP contribution in [0.1, 0.15) is 43.4 Å². The molecule has 1 unspecified atom stereocenters. The molecule has 0 aliphatic rings. The van der Waals surface area contributed by atoms with Crippen molar-refractivity contribution in [3.05, 3.63) is 33.8 Å². The predicted molar refractivity (Wildman–Crippen MR) is 83.7 cm³/mol. The maximum Gasteiger partial charge on any atom is 0.0930 e. The first-order valence-corrected chi connectivity index (χ1v) is 7.82. The van der Waals surface area contributed by atoms with Gasteiger partial charge in [0, 0.05) is 13.6 Å². The topological polar surface area (TPSA) is 47.7 Å². The Morgan fingerprint density at radius 3 is 2.70 bits per heavy atom. The van der Waals surface area contributed by atoms with Crippen LogP contribution in [-0.4, -0.2) is 26.1 Å². The van der Waals surface area contributed by atoms with Crippen molar-refractivity contribution in [3.8, 4) is 0 Å². The third-order valence-electron chi connectivity index (χ3n) is 3.34. The van der Waals surface area contributed by atoms with E-state index in [1.54, 1.807) is 0 Å².